The Morgan fingerprint density at radius 2 is 0.516 bits per heavy atom. The summed E-state index contributed by atoms with van der Waals surface area (Å²) < 4.78 is 9.61. The van der Waals surface area contributed by atoms with Gasteiger partial charge in [-0.2, -0.15) is 0 Å². The van der Waals surface area contributed by atoms with Gasteiger partial charge < -0.3 is 0 Å². The molecule has 0 N–H and O–H groups in total. The van der Waals surface area contributed by atoms with Crippen LogP contribution in [0.25, 0.3) is 231 Å². The van der Waals surface area contributed by atoms with Gasteiger partial charge in [0.2, 0.25) is 0 Å². The number of thiophene rings is 2. The predicted octanol–water partition coefficient (Wildman–Crippen LogP) is 29.5. The van der Waals surface area contributed by atoms with E-state index in [0.29, 0.717) is 34.9 Å². The van der Waals surface area contributed by atoms with Crippen LogP contribution in [0.15, 0.2) is 425 Å². The Morgan fingerprint density at radius 1 is 0.177 bits per heavy atom. The summed E-state index contributed by atoms with van der Waals surface area (Å²) in [6.07, 6.45) is 4.05. The summed E-state index contributed by atoms with van der Waals surface area (Å²) in [5.41, 5.74) is 22.6. The Balaban J connectivity index is 0.000000143. The van der Waals surface area contributed by atoms with E-state index in [0.717, 1.165) is 145 Å². The van der Waals surface area contributed by atoms with Crippen LogP contribution in [0.1, 0.15) is 0 Å². The van der Waals surface area contributed by atoms with Gasteiger partial charge in [0, 0.05) is 103 Å². The normalized spacial score (nSPS) is 11.5. The first-order valence-corrected chi connectivity index (χ1v) is 43.1. The van der Waals surface area contributed by atoms with E-state index in [2.05, 4.69) is 325 Å². The molecule has 0 fully saturated rings. The second kappa shape index (κ2) is 31.2. The molecule has 0 aliphatic carbocycles. The highest BCUT2D eigenvalue weighted by atomic mass is 32.1. The smallest absolute Gasteiger partial charge is 0.167 e. The second-order valence-corrected chi connectivity index (χ2v) is 33.0. The number of fused-ring (bicyclic) bond motifs is 13. The summed E-state index contributed by atoms with van der Waals surface area (Å²) in [6, 6.07) is 145. The molecule has 0 saturated carbocycles. The van der Waals surface area contributed by atoms with Crippen LogP contribution in [-0.2, 0) is 0 Å². The molecule has 0 atom stereocenters. The Labute approximate surface area is 722 Å². The van der Waals surface area contributed by atoms with Crippen molar-refractivity contribution in [1.29, 1.82) is 0 Å². The molecule has 0 bridgehead atoms. The molecule has 8 heterocycles. The zero-order chi connectivity index (χ0) is 82.0. The van der Waals surface area contributed by atoms with Crippen LogP contribution in [0.4, 0.5) is 0 Å². The molecule has 124 heavy (non-hydrogen) atoms. The lowest BCUT2D eigenvalue weighted by atomic mass is 9.91. The molecule has 10 nitrogen and oxygen atoms in total. The average Bonchev–Trinajstić information content (AvgIpc) is 1.56. The molecule has 24 aromatic rings. The highest BCUT2D eigenvalue weighted by Crippen LogP contribution is 2.48. The molecule has 0 amide bonds. The van der Waals surface area contributed by atoms with Crippen molar-refractivity contribution >= 4 is 107 Å². The van der Waals surface area contributed by atoms with E-state index in [9.17, 15) is 0 Å². The summed E-state index contributed by atoms with van der Waals surface area (Å²) in [6.45, 7) is 0. The monoisotopic (exact) mass is 1620 g/mol. The predicted molar refractivity (Wildman–Crippen MR) is 515 cm³/mol. The number of rotatable bonds is 14. The van der Waals surface area contributed by atoms with Gasteiger partial charge in [0.05, 0.1) is 37.9 Å². The van der Waals surface area contributed by atoms with Crippen LogP contribution in [-0.4, -0.2) is 49.0 Å². The molecular weight excluding hydrogens is 1550 g/mol. The topological polar surface area (TPSA) is 113 Å². The van der Waals surface area contributed by atoms with Crippen molar-refractivity contribution in [2.75, 3.05) is 0 Å². The molecule has 0 aliphatic heterocycles. The Morgan fingerprint density at radius 3 is 0.968 bits per heavy atom. The summed E-state index contributed by atoms with van der Waals surface area (Å²) in [5, 5.41) is 9.66. The highest BCUT2D eigenvalue weighted by Gasteiger charge is 2.28. The van der Waals surface area contributed by atoms with Crippen LogP contribution < -0.4 is 0 Å². The third kappa shape index (κ3) is 13.2. The summed E-state index contributed by atoms with van der Waals surface area (Å²) in [4.78, 5) is 42.5. The molecule has 24 rings (SSSR count). The molecule has 0 unspecified atom stereocenters. The maximum atomic E-state index is 5.54. The van der Waals surface area contributed by atoms with E-state index in [1.54, 1.807) is 0 Å². The van der Waals surface area contributed by atoms with Crippen LogP contribution in [0.5, 0.6) is 0 Å². The van der Waals surface area contributed by atoms with Gasteiger partial charge in [-0.05, 0) is 116 Å². The standard InChI is InChI=1S/2C56H35N5S/c1-5-17-36(18-6-1)40-29-30-42(37-19-7-2-8-20-37)45(31-40)41-32-48(55-59-53(38-21-9-3-10-22-38)58-54(60-55)39-23-11-4-12-24-39)56(57-35-41)61-49-27-15-13-25-43(49)46-33-47-44-26-14-16-28-51(44)62-52(47)34-50(46)61;1-5-17-36(18-6-1)40-29-30-42(37-19-7-2-8-20-37)47(33-40)41-34-48(55-59-53(38-21-9-3-10-22-38)58-54(60-55)39-23-11-4-12-24-39)56(57-35-41)61-49-27-15-13-25-43(49)45-31-32-46-44-26-14-16-28-50(44)62-52(46)51(45)61/h2*1-35H. The van der Waals surface area contributed by atoms with Gasteiger partial charge >= 0.3 is 0 Å². The minimum Gasteiger partial charge on any atom is -0.293 e. The van der Waals surface area contributed by atoms with Crippen molar-refractivity contribution in [3.63, 3.8) is 0 Å². The summed E-state index contributed by atoms with van der Waals surface area (Å²) >= 11 is 3.65. The van der Waals surface area contributed by atoms with Gasteiger partial charge in [-0.25, -0.2) is 39.9 Å². The van der Waals surface area contributed by atoms with Crippen molar-refractivity contribution in [1.82, 2.24) is 49.0 Å². The lowest BCUT2D eigenvalue weighted by molar-refractivity contribution is 1.04. The maximum Gasteiger partial charge on any atom is 0.167 e. The van der Waals surface area contributed by atoms with Gasteiger partial charge in [0.15, 0.2) is 34.9 Å². The fourth-order valence-corrected chi connectivity index (χ4v) is 19.9. The quantitative estimate of drug-likeness (QED) is 0.106. The lowest BCUT2D eigenvalue weighted by Crippen LogP contribution is -2.06. The van der Waals surface area contributed by atoms with E-state index in [-0.39, 0.29) is 0 Å². The summed E-state index contributed by atoms with van der Waals surface area (Å²) in [5.74, 6) is 4.94. The molecule has 580 valence electrons. The van der Waals surface area contributed by atoms with Crippen molar-refractivity contribution in [2.24, 2.45) is 0 Å². The van der Waals surface area contributed by atoms with Gasteiger partial charge in [-0.15, -0.1) is 22.7 Å². The molecule has 0 saturated heterocycles. The van der Waals surface area contributed by atoms with Crippen molar-refractivity contribution in [3.8, 4) is 147 Å². The van der Waals surface area contributed by atoms with Crippen LogP contribution in [0.3, 0.4) is 0 Å². The summed E-state index contributed by atoms with van der Waals surface area (Å²) in [7, 11) is 0. The number of nitrogens with zero attached hydrogens (tertiary/aromatic N) is 10. The van der Waals surface area contributed by atoms with Crippen molar-refractivity contribution in [2.45, 2.75) is 0 Å². The first kappa shape index (κ1) is 73.1. The van der Waals surface area contributed by atoms with E-state index < -0.39 is 0 Å². The fourth-order valence-electron chi connectivity index (χ4n) is 17.5. The van der Waals surface area contributed by atoms with E-state index in [1.165, 1.54) is 51.1 Å². The number of benzene rings is 16. The average molecular weight is 1620 g/mol. The van der Waals surface area contributed by atoms with Gasteiger partial charge in [0.25, 0.3) is 0 Å². The first-order valence-electron chi connectivity index (χ1n) is 41.4. The molecule has 0 aliphatic rings. The zero-order valence-electron chi connectivity index (χ0n) is 66.7. The Hall–Kier alpha value is -16.1. The molecule has 8 aromatic heterocycles. The second-order valence-electron chi connectivity index (χ2n) is 30.9. The van der Waals surface area contributed by atoms with Crippen LogP contribution in [0, 0.1) is 0 Å². The molecule has 0 radical (unpaired) electrons. The van der Waals surface area contributed by atoms with E-state index in [4.69, 9.17) is 39.9 Å². The van der Waals surface area contributed by atoms with E-state index in [1.807, 2.05) is 132 Å². The molecule has 16 aromatic carbocycles. The number of aromatic nitrogens is 10. The van der Waals surface area contributed by atoms with Crippen molar-refractivity contribution < 1.29 is 0 Å². The first-order chi connectivity index (χ1) is 61.5. The maximum absolute atomic E-state index is 5.54. The third-order valence-corrected chi connectivity index (χ3v) is 25.8. The van der Waals surface area contributed by atoms with Gasteiger partial charge in [-0.1, -0.05) is 352 Å². The zero-order valence-corrected chi connectivity index (χ0v) is 68.3. The molecule has 0 spiro atoms. The highest BCUT2D eigenvalue weighted by molar-refractivity contribution is 7.27. The van der Waals surface area contributed by atoms with E-state index >= 15 is 0 Å². The van der Waals surface area contributed by atoms with Gasteiger partial charge in [-0.3, -0.25) is 9.13 Å². The van der Waals surface area contributed by atoms with Crippen LogP contribution in [0.2, 0.25) is 0 Å². The molecular formula is C112H70N10S2. The number of hydrogen-bond donors (Lipinski definition) is 0. The third-order valence-electron chi connectivity index (χ3n) is 23.4. The largest absolute Gasteiger partial charge is 0.293 e. The SMILES string of the molecule is c1ccc(-c2ccc(-c3ccccc3)c(-c3cnc(-n4c5ccccc5c5cc6c(cc54)sc4ccccc46)c(-c4nc(-c5ccccc5)nc(-c5ccccc5)n4)c3)c2)cc1.c1ccc(-c2ccc(-c3ccccc3)c(-c3cnc(-n4c5ccccc5c5ccc6c7ccccc7sc6c54)c(-c4nc(-c5ccccc5)nc(-c5ccccc5)n4)c3)c2)cc1. The van der Waals surface area contributed by atoms with Crippen molar-refractivity contribution in [3.05, 3.63) is 425 Å². The number of hydrogen-bond acceptors (Lipinski definition) is 10. The molecule has 12 heteroatoms. The number of para-hydroxylation sites is 2. The Bertz CT molecular complexity index is 8090. The number of pyridine rings is 2. The Kier molecular flexibility index (Phi) is 18.4. The van der Waals surface area contributed by atoms with Crippen LogP contribution >= 0.6 is 22.7 Å². The minimum atomic E-state index is 0.538. The minimum absolute atomic E-state index is 0.538. The fraction of sp³-hybridized carbons (Fsp3) is 0. The lowest BCUT2D eigenvalue weighted by Gasteiger charge is -2.17. The van der Waals surface area contributed by atoms with Gasteiger partial charge in [0.1, 0.15) is 11.6 Å².